The van der Waals surface area contributed by atoms with Gasteiger partial charge in [0.15, 0.2) is 6.61 Å². The maximum Gasteiger partial charge on any atom is 0.348 e. The summed E-state index contributed by atoms with van der Waals surface area (Å²) >= 11 is 0. The first-order valence-corrected chi connectivity index (χ1v) is 10.2. The summed E-state index contributed by atoms with van der Waals surface area (Å²) in [6.45, 7) is 1.84. The smallest absolute Gasteiger partial charge is 0.348 e. The number of rotatable bonds is 6. The summed E-state index contributed by atoms with van der Waals surface area (Å²) in [6.07, 6.45) is 4.14. The molecule has 2 aromatic carbocycles. The zero-order chi connectivity index (χ0) is 20.9. The number of carbonyl (C=O) groups is 2. The van der Waals surface area contributed by atoms with E-state index < -0.39 is 11.6 Å². The van der Waals surface area contributed by atoms with Gasteiger partial charge < -0.3 is 14.7 Å². The van der Waals surface area contributed by atoms with Crippen LogP contribution < -0.4 is 0 Å². The molecule has 0 heterocycles. The van der Waals surface area contributed by atoms with E-state index in [-0.39, 0.29) is 18.6 Å². The van der Waals surface area contributed by atoms with Crippen LogP contribution >= 0.6 is 0 Å². The first kappa shape index (κ1) is 21.1. The molecule has 5 heteroatoms. The van der Waals surface area contributed by atoms with E-state index in [9.17, 15) is 14.7 Å². The molecular formula is C24H29NO4. The van der Waals surface area contributed by atoms with E-state index in [0.717, 1.165) is 25.7 Å². The van der Waals surface area contributed by atoms with Crippen molar-refractivity contribution in [3.63, 3.8) is 0 Å². The van der Waals surface area contributed by atoms with Crippen molar-refractivity contribution in [3.05, 3.63) is 71.8 Å². The van der Waals surface area contributed by atoms with Crippen molar-refractivity contribution in [1.82, 2.24) is 4.90 Å². The minimum atomic E-state index is -1.97. The standard InChI is InChI=1S/C24H29NO4/c1-18-13-15-21(16-14-18)25(2)22(26)17-29-23(27)24(28,19-9-5-3-6-10-19)20-11-7-4-8-12-20/h3-12,18,21,28H,13-17H2,1-2H3. The third kappa shape index (κ3) is 4.67. The number of carbonyl (C=O) groups excluding carboxylic acids is 2. The van der Waals surface area contributed by atoms with Crippen LogP contribution in [0.5, 0.6) is 0 Å². The van der Waals surface area contributed by atoms with Crippen LogP contribution in [-0.2, 0) is 19.9 Å². The summed E-state index contributed by atoms with van der Waals surface area (Å²) in [7, 11) is 1.76. The highest BCUT2D eigenvalue weighted by Crippen LogP contribution is 2.31. The van der Waals surface area contributed by atoms with E-state index in [1.165, 1.54) is 0 Å². The van der Waals surface area contributed by atoms with Crippen molar-refractivity contribution in [2.45, 2.75) is 44.2 Å². The van der Waals surface area contributed by atoms with Crippen LogP contribution in [-0.4, -0.2) is 41.6 Å². The van der Waals surface area contributed by atoms with Gasteiger partial charge in [0, 0.05) is 13.1 Å². The molecule has 0 radical (unpaired) electrons. The molecule has 0 aliphatic heterocycles. The fraction of sp³-hybridized carbons (Fsp3) is 0.417. The summed E-state index contributed by atoms with van der Waals surface area (Å²) in [6, 6.07) is 17.5. The van der Waals surface area contributed by atoms with Gasteiger partial charge in [-0.2, -0.15) is 0 Å². The number of nitrogens with zero attached hydrogens (tertiary/aromatic N) is 1. The van der Waals surface area contributed by atoms with Crippen molar-refractivity contribution in [1.29, 1.82) is 0 Å². The molecule has 0 atom stereocenters. The maximum atomic E-state index is 13.0. The minimum Gasteiger partial charge on any atom is -0.453 e. The Hall–Kier alpha value is -2.66. The molecule has 0 unspecified atom stereocenters. The van der Waals surface area contributed by atoms with Crippen LogP contribution in [0, 0.1) is 5.92 Å². The highest BCUT2D eigenvalue weighted by Gasteiger charge is 2.42. The van der Waals surface area contributed by atoms with Gasteiger partial charge in [0.2, 0.25) is 5.60 Å². The van der Waals surface area contributed by atoms with E-state index in [4.69, 9.17) is 4.74 Å². The monoisotopic (exact) mass is 395 g/mol. The topological polar surface area (TPSA) is 66.8 Å². The molecule has 154 valence electrons. The normalized spacial score (nSPS) is 19.4. The maximum absolute atomic E-state index is 13.0. The lowest BCUT2D eigenvalue weighted by Gasteiger charge is -2.34. The fourth-order valence-corrected chi connectivity index (χ4v) is 3.93. The molecule has 0 spiro atoms. The molecule has 3 rings (SSSR count). The molecule has 1 aliphatic rings. The highest BCUT2D eigenvalue weighted by atomic mass is 16.6. The number of benzene rings is 2. The van der Waals surface area contributed by atoms with Gasteiger partial charge >= 0.3 is 5.97 Å². The summed E-state index contributed by atoms with van der Waals surface area (Å²) in [5, 5.41) is 11.4. The lowest BCUT2D eigenvalue weighted by Crippen LogP contribution is -2.44. The van der Waals surface area contributed by atoms with Gasteiger partial charge in [0.05, 0.1) is 0 Å². The second-order valence-corrected chi connectivity index (χ2v) is 7.94. The lowest BCUT2D eigenvalue weighted by molar-refractivity contribution is -0.166. The Labute approximate surface area is 172 Å². The summed E-state index contributed by atoms with van der Waals surface area (Å²) in [5.74, 6) is -0.408. The largest absolute Gasteiger partial charge is 0.453 e. The van der Waals surface area contributed by atoms with Crippen LogP contribution in [0.25, 0.3) is 0 Å². The van der Waals surface area contributed by atoms with Crippen molar-refractivity contribution < 1.29 is 19.4 Å². The van der Waals surface area contributed by atoms with Gasteiger partial charge in [0.25, 0.3) is 5.91 Å². The number of ether oxygens (including phenoxy) is 1. The molecule has 1 amide bonds. The molecule has 2 aromatic rings. The van der Waals surface area contributed by atoms with Crippen LogP contribution in [0.2, 0.25) is 0 Å². The third-order valence-electron chi connectivity index (χ3n) is 5.93. The molecule has 1 saturated carbocycles. The van der Waals surface area contributed by atoms with E-state index in [2.05, 4.69) is 6.92 Å². The molecule has 1 fully saturated rings. The molecule has 0 aromatic heterocycles. The molecular weight excluding hydrogens is 366 g/mol. The second-order valence-electron chi connectivity index (χ2n) is 7.94. The predicted octanol–water partition coefficient (Wildman–Crippen LogP) is 3.50. The molecule has 0 saturated heterocycles. The Morgan fingerprint density at radius 3 is 1.93 bits per heavy atom. The fourth-order valence-electron chi connectivity index (χ4n) is 3.93. The summed E-state index contributed by atoms with van der Waals surface area (Å²) in [4.78, 5) is 27.2. The number of hydrogen-bond acceptors (Lipinski definition) is 4. The Kier molecular flexibility index (Phi) is 6.70. The van der Waals surface area contributed by atoms with E-state index in [0.29, 0.717) is 17.0 Å². The van der Waals surface area contributed by atoms with Gasteiger partial charge in [-0.15, -0.1) is 0 Å². The molecule has 5 nitrogen and oxygen atoms in total. The van der Waals surface area contributed by atoms with Gasteiger partial charge in [-0.1, -0.05) is 67.6 Å². The number of esters is 1. The zero-order valence-electron chi connectivity index (χ0n) is 17.1. The Morgan fingerprint density at radius 2 is 1.45 bits per heavy atom. The van der Waals surface area contributed by atoms with Gasteiger partial charge in [-0.05, 0) is 42.7 Å². The molecule has 0 bridgehead atoms. The average molecular weight is 395 g/mol. The van der Waals surface area contributed by atoms with Gasteiger partial charge in [-0.25, -0.2) is 4.79 Å². The number of amides is 1. The number of aliphatic hydroxyl groups is 1. The first-order valence-electron chi connectivity index (χ1n) is 10.2. The summed E-state index contributed by atoms with van der Waals surface area (Å²) < 4.78 is 5.33. The molecule has 1 aliphatic carbocycles. The van der Waals surface area contributed by atoms with E-state index >= 15 is 0 Å². The van der Waals surface area contributed by atoms with E-state index in [1.54, 1.807) is 60.5 Å². The molecule has 29 heavy (non-hydrogen) atoms. The minimum absolute atomic E-state index is 0.180. The van der Waals surface area contributed by atoms with Crippen molar-refractivity contribution >= 4 is 11.9 Å². The third-order valence-corrected chi connectivity index (χ3v) is 5.93. The second kappa shape index (κ2) is 9.23. The number of likely N-dealkylation sites (N-methyl/N-ethyl adjacent to an activating group) is 1. The quantitative estimate of drug-likeness (QED) is 0.760. The Bertz CT molecular complexity index is 774. The first-order chi connectivity index (χ1) is 13.9. The van der Waals surface area contributed by atoms with Crippen LogP contribution in [0.3, 0.4) is 0 Å². The van der Waals surface area contributed by atoms with Gasteiger partial charge in [-0.3, -0.25) is 4.79 Å². The van der Waals surface area contributed by atoms with Crippen molar-refractivity contribution in [3.8, 4) is 0 Å². The average Bonchev–Trinajstić information content (AvgIpc) is 2.77. The Morgan fingerprint density at radius 1 is 0.966 bits per heavy atom. The predicted molar refractivity (Wildman–Crippen MR) is 111 cm³/mol. The molecule has 1 N–H and O–H groups in total. The van der Waals surface area contributed by atoms with Crippen LogP contribution in [0.15, 0.2) is 60.7 Å². The number of hydrogen-bond donors (Lipinski definition) is 1. The highest BCUT2D eigenvalue weighted by molar-refractivity contribution is 5.88. The van der Waals surface area contributed by atoms with E-state index in [1.807, 2.05) is 12.1 Å². The van der Waals surface area contributed by atoms with Gasteiger partial charge in [0.1, 0.15) is 0 Å². The van der Waals surface area contributed by atoms with Crippen LogP contribution in [0.1, 0.15) is 43.7 Å². The lowest BCUT2D eigenvalue weighted by atomic mass is 9.86. The zero-order valence-corrected chi connectivity index (χ0v) is 17.1. The van der Waals surface area contributed by atoms with Crippen molar-refractivity contribution in [2.24, 2.45) is 5.92 Å². The summed E-state index contributed by atoms with van der Waals surface area (Å²) in [5.41, 5.74) is -1.17. The Balaban J connectivity index is 1.72. The van der Waals surface area contributed by atoms with Crippen LogP contribution in [0.4, 0.5) is 0 Å². The SMILES string of the molecule is CC1CCC(N(C)C(=O)COC(=O)C(O)(c2ccccc2)c2ccccc2)CC1. The van der Waals surface area contributed by atoms with Crippen molar-refractivity contribution in [2.75, 3.05) is 13.7 Å².